The van der Waals surface area contributed by atoms with Crippen molar-refractivity contribution in [2.75, 3.05) is 6.61 Å². The molecule has 0 atom stereocenters. The first kappa shape index (κ1) is 18.4. The summed E-state index contributed by atoms with van der Waals surface area (Å²) in [5, 5.41) is 0. The summed E-state index contributed by atoms with van der Waals surface area (Å²) in [7, 11) is -2.12. The van der Waals surface area contributed by atoms with E-state index in [0.29, 0.717) is 0 Å². The lowest BCUT2D eigenvalue weighted by atomic mass is 10.6. The summed E-state index contributed by atoms with van der Waals surface area (Å²) in [4.78, 5) is 0. The van der Waals surface area contributed by atoms with Crippen LogP contribution < -0.4 is 4.57 Å². The summed E-state index contributed by atoms with van der Waals surface area (Å²) < 4.78 is 35.0. The highest BCUT2D eigenvalue weighted by Crippen LogP contribution is 1.89. The summed E-state index contributed by atoms with van der Waals surface area (Å²) >= 11 is 0. The van der Waals surface area contributed by atoms with E-state index in [9.17, 15) is 8.42 Å². The molecule has 1 heterocycles. The van der Waals surface area contributed by atoms with Gasteiger partial charge in [-0.1, -0.05) is 0 Å². The molecule has 1 aromatic heterocycles. The van der Waals surface area contributed by atoms with Crippen LogP contribution in [-0.2, 0) is 28.2 Å². The molecule has 1 rings (SSSR count). The first-order chi connectivity index (χ1) is 7.31. The van der Waals surface area contributed by atoms with Crippen LogP contribution in [0.5, 0.6) is 0 Å². The number of aromatic nitrogens is 2. The van der Waals surface area contributed by atoms with Gasteiger partial charge in [0, 0.05) is 6.92 Å². The van der Waals surface area contributed by atoms with Crippen LogP contribution in [0, 0.1) is 6.92 Å². The summed E-state index contributed by atoms with van der Waals surface area (Å²) in [6.07, 6.45) is 4.16. The van der Waals surface area contributed by atoms with E-state index in [0.717, 1.165) is 6.54 Å². The quantitative estimate of drug-likeness (QED) is 0.597. The van der Waals surface area contributed by atoms with Crippen molar-refractivity contribution in [1.29, 1.82) is 0 Å². The molecule has 0 spiro atoms. The molecular formula is C9H21N2O5S+. The Morgan fingerprint density at radius 1 is 1.47 bits per heavy atom. The highest BCUT2D eigenvalue weighted by molar-refractivity contribution is 7.80. The van der Waals surface area contributed by atoms with Crippen LogP contribution in [0.25, 0.3) is 0 Å². The molecule has 0 bridgehead atoms. The highest BCUT2D eigenvalue weighted by atomic mass is 32.3. The number of nitrogens with zero attached hydrogens (tertiary/aromatic N) is 2. The van der Waals surface area contributed by atoms with Gasteiger partial charge >= 0.3 is 10.4 Å². The van der Waals surface area contributed by atoms with Gasteiger partial charge in [-0.2, -0.15) is 8.42 Å². The number of rotatable bonds is 3. The molecule has 0 amide bonds. The zero-order valence-electron chi connectivity index (χ0n) is 10.5. The number of hydrogen-bond acceptors (Lipinski definition) is 3. The van der Waals surface area contributed by atoms with Crippen molar-refractivity contribution in [3.63, 3.8) is 0 Å². The lowest BCUT2D eigenvalue weighted by Gasteiger charge is -1.90. The Bertz CT molecular complexity index is 413. The van der Waals surface area contributed by atoms with E-state index in [4.69, 9.17) is 4.55 Å². The van der Waals surface area contributed by atoms with Crippen LogP contribution in [-0.4, -0.2) is 29.6 Å². The zero-order chi connectivity index (χ0) is 12.8. The minimum absolute atomic E-state index is 0. The summed E-state index contributed by atoms with van der Waals surface area (Å²) in [6, 6.07) is 0. The van der Waals surface area contributed by atoms with E-state index in [1.807, 2.05) is 0 Å². The van der Waals surface area contributed by atoms with E-state index in [1.54, 1.807) is 0 Å². The van der Waals surface area contributed by atoms with Crippen LogP contribution in [0.3, 0.4) is 0 Å². The van der Waals surface area contributed by atoms with E-state index < -0.39 is 10.4 Å². The van der Waals surface area contributed by atoms with Crippen LogP contribution in [0.15, 0.2) is 12.4 Å². The number of hydrogen-bond donors (Lipinski definition) is 1. The van der Waals surface area contributed by atoms with E-state index in [2.05, 4.69) is 46.6 Å². The van der Waals surface area contributed by atoms with Crippen molar-refractivity contribution in [2.45, 2.75) is 27.3 Å². The normalized spacial score (nSPS) is 10.2. The molecule has 0 aromatic carbocycles. The molecule has 3 N–H and O–H groups in total. The van der Waals surface area contributed by atoms with Gasteiger partial charge in [-0.15, -0.1) is 0 Å². The van der Waals surface area contributed by atoms with Crippen molar-refractivity contribution in [3.05, 3.63) is 18.2 Å². The minimum Gasteiger partial charge on any atom is -0.412 e. The van der Waals surface area contributed by atoms with Gasteiger partial charge < -0.3 is 5.48 Å². The maximum absolute atomic E-state index is 9.56. The lowest BCUT2D eigenvalue weighted by Crippen LogP contribution is -2.29. The van der Waals surface area contributed by atoms with Gasteiger partial charge in [0.1, 0.15) is 12.4 Å². The highest BCUT2D eigenvalue weighted by Gasteiger charge is 2.04. The first-order valence-electron chi connectivity index (χ1n) is 4.95. The smallest absolute Gasteiger partial charge is 0.397 e. The Morgan fingerprint density at radius 3 is 2.12 bits per heavy atom. The largest absolute Gasteiger partial charge is 0.412 e. The standard InChI is InChI=1S/C7H13N2.C2H6O4S.H2O/c1-4-9-6-5-8(3)7(9)2;1-2-6-7(3,4)5;/h5-6H,4H2,1-3H3;2H2,1H3,(H,3,4,5);1H2/q+1;;. The van der Waals surface area contributed by atoms with E-state index >= 15 is 0 Å². The van der Waals surface area contributed by atoms with Gasteiger partial charge in [0.15, 0.2) is 0 Å². The third-order valence-electron chi connectivity index (χ3n) is 2.00. The van der Waals surface area contributed by atoms with Crippen molar-refractivity contribution in [2.24, 2.45) is 7.05 Å². The molecule has 0 unspecified atom stereocenters. The van der Waals surface area contributed by atoms with Gasteiger partial charge in [0.25, 0.3) is 5.82 Å². The fourth-order valence-corrected chi connectivity index (χ4v) is 1.38. The molecule has 0 fully saturated rings. The lowest BCUT2D eigenvalue weighted by molar-refractivity contribution is -0.677. The fraction of sp³-hybridized carbons (Fsp3) is 0.667. The Kier molecular flexibility index (Phi) is 8.85. The van der Waals surface area contributed by atoms with Crippen LogP contribution in [0.1, 0.15) is 19.7 Å². The molecule has 0 radical (unpaired) electrons. The molecule has 8 heteroatoms. The molecule has 1 aromatic rings. The third-order valence-corrected chi connectivity index (χ3v) is 2.54. The Morgan fingerprint density at radius 2 is 2.00 bits per heavy atom. The van der Waals surface area contributed by atoms with Crippen LogP contribution in [0.2, 0.25) is 0 Å². The SMILES string of the molecule is CCOS(=O)(=O)O.CCn1cc[n+](C)c1C.O. The van der Waals surface area contributed by atoms with Gasteiger partial charge in [0.2, 0.25) is 0 Å². The third kappa shape index (κ3) is 7.86. The predicted molar refractivity (Wildman–Crippen MR) is 62.8 cm³/mol. The van der Waals surface area contributed by atoms with Crippen molar-refractivity contribution in [1.82, 2.24) is 4.57 Å². The second-order valence-corrected chi connectivity index (χ2v) is 4.17. The molecule has 0 aliphatic heterocycles. The van der Waals surface area contributed by atoms with Gasteiger partial charge in [-0.05, 0) is 13.8 Å². The zero-order valence-corrected chi connectivity index (χ0v) is 11.4. The average molecular weight is 269 g/mol. The first-order valence-corrected chi connectivity index (χ1v) is 6.31. The maximum Gasteiger partial charge on any atom is 0.397 e. The number of imidazole rings is 1. The monoisotopic (exact) mass is 269 g/mol. The Labute approximate surface area is 102 Å². The molecular weight excluding hydrogens is 248 g/mol. The second-order valence-electron chi connectivity index (χ2n) is 3.08. The Hall–Kier alpha value is -0.960. The molecule has 7 nitrogen and oxygen atoms in total. The summed E-state index contributed by atoms with van der Waals surface area (Å²) in [6.45, 7) is 6.76. The molecule has 102 valence electrons. The van der Waals surface area contributed by atoms with Crippen molar-refractivity contribution < 1.29 is 27.2 Å². The van der Waals surface area contributed by atoms with E-state index in [1.165, 1.54) is 12.7 Å². The molecule has 0 aliphatic carbocycles. The maximum atomic E-state index is 9.56. The predicted octanol–water partition coefficient (Wildman–Crippen LogP) is -0.358. The Balaban J connectivity index is 0. The minimum atomic E-state index is -4.17. The molecule has 0 saturated carbocycles. The topological polar surface area (TPSA) is 104 Å². The molecule has 0 saturated heterocycles. The fourth-order valence-electron chi connectivity index (χ4n) is 1.08. The van der Waals surface area contributed by atoms with Crippen molar-refractivity contribution in [3.8, 4) is 0 Å². The van der Waals surface area contributed by atoms with Gasteiger partial charge in [0.05, 0.1) is 20.2 Å². The molecule has 17 heavy (non-hydrogen) atoms. The molecule has 0 aliphatic rings. The summed E-state index contributed by atoms with van der Waals surface area (Å²) in [5.74, 6) is 1.30. The second kappa shape index (κ2) is 8.18. The van der Waals surface area contributed by atoms with E-state index in [-0.39, 0.29) is 12.1 Å². The van der Waals surface area contributed by atoms with Crippen molar-refractivity contribution >= 4 is 10.4 Å². The number of aryl methyl sites for hydroxylation is 2. The van der Waals surface area contributed by atoms with Crippen LogP contribution >= 0.6 is 0 Å². The summed E-state index contributed by atoms with van der Waals surface area (Å²) in [5.41, 5.74) is 0. The van der Waals surface area contributed by atoms with Gasteiger partial charge in [-0.3, -0.25) is 4.55 Å². The van der Waals surface area contributed by atoms with Crippen LogP contribution in [0.4, 0.5) is 0 Å². The van der Waals surface area contributed by atoms with Gasteiger partial charge in [-0.25, -0.2) is 13.3 Å². The average Bonchev–Trinajstić information content (AvgIpc) is 2.46.